The van der Waals surface area contributed by atoms with Crippen molar-refractivity contribution in [1.82, 2.24) is 4.90 Å². The van der Waals surface area contributed by atoms with Crippen LogP contribution in [-0.4, -0.2) is 23.8 Å². The molecule has 0 spiro atoms. The fourth-order valence-corrected chi connectivity index (χ4v) is 2.33. The molecule has 2 fully saturated rings. The summed E-state index contributed by atoms with van der Waals surface area (Å²) in [6.45, 7) is 0. The first-order valence-corrected chi connectivity index (χ1v) is 4.53. The first-order chi connectivity index (χ1) is 5.72. The fraction of sp³-hybridized carbons (Fsp3) is 0.778. The summed E-state index contributed by atoms with van der Waals surface area (Å²) in [5.41, 5.74) is 0. The summed E-state index contributed by atoms with van der Waals surface area (Å²) >= 11 is 0. The van der Waals surface area contributed by atoms with Crippen molar-refractivity contribution >= 4 is 11.8 Å². The molecular formula is C9H13NO2. The lowest BCUT2D eigenvalue weighted by Crippen LogP contribution is -2.25. The molecule has 1 aliphatic heterocycles. The Bertz CT molecular complexity index is 213. The van der Waals surface area contributed by atoms with Crippen LogP contribution in [-0.2, 0) is 9.59 Å². The van der Waals surface area contributed by atoms with Gasteiger partial charge >= 0.3 is 0 Å². The van der Waals surface area contributed by atoms with Crippen LogP contribution in [0.25, 0.3) is 0 Å². The number of imide groups is 1. The molecule has 0 radical (unpaired) electrons. The second kappa shape index (κ2) is 2.57. The van der Waals surface area contributed by atoms with Gasteiger partial charge in [-0.2, -0.15) is 0 Å². The number of likely N-dealkylation sites (tertiary alicyclic amines) is 1. The van der Waals surface area contributed by atoms with Crippen LogP contribution in [0.3, 0.4) is 0 Å². The fourth-order valence-electron chi connectivity index (χ4n) is 2.33. The van der Waals surface area contributed by atoms with Crippen LogP contribution in [0.1, 0.15) is 25.7 Å². The highest BCUT2D eigenvalue weighted by molar-refractivity contribution is 6.04. The molecule has 0 N–H and O–H groups in total. The van der Waals surface area contributed by atoms with Crippen molar-refractivity contribution in [3.63, 3.8) is 0 Å². The van der Waals surface area contributed by atoms with Crippen molar-refractivity contribution < 1.29 is 9.59 Å². The van der Waals surface area contributed by atoms with E-state index in [2.05, 4.69) is 0 Å². The summed E-state index contributed by atoms with van der Waals surface area (Å²) in [6.07, 6.45) is 4.04. The molecule has 0 aromatic carbocycles. The molecule has 66 valence electrons. The zero-order valence-corrected chi connectivity index (χ0v) is 7.25. The van der Waals surface area contributed by atoms with Gasteiger partial charge in [-0.25, -0.2) is 0 Å². The predicted octanol–water partition coefficient (Wildman–Crippen LogP) is 0.791. The first-order valence-electron chi connectivity index (χ1n) is 4.53. The standard InChI is InChI=1S/C9H13NO2/c1-10-8(11)6-4-2-3-5-7(6)9(10)12/h6-7H,2-5H2,1H3/t6-,7-/m1/s1. The summed E-state index contributed by atoms with van der Waals surface area (Å²) in [5.74, 6) is 0.141. The molecule has 1 aliphatic carbocycles. The molecule has 0 aromatic rings. The monoisotopic (exact) mass is 167 g/mol. The Labute approximate surface area is 71.7 Å². The van der Waals surface area contributed by atoms with Gasteiger partial charge in [-0.15, -0.1) is 0 Å². The number of hydrogen-bond acceptors (Lipinski definition) is 2. The highest BCUT2D eigenvalue weighted by atomic mass is 16.2. The van der Waals surface area contributed by atoms with E-state index in [0.29, 0.717) is 0 Å². The summed E-state index contributed by atoms with van der Waals surface area (Å²) in [7, 11) is 1.60. The van der Waals surface area contributed by atoms with Gasteiger partial charge in [0.25, 0.3) is 0 Å². The van der Waals surface area contributed by atoms with Crippen LogP contribution in [0.5, 0.6) is 0 Å². The van der Waals surface area contributed by atoms with E-state index in [0.717, 1.165) is 25.7 Å². The minimum Gasteiger partial charge on any atom is -0.285 e. The van der Waals surface area contributed by atoms with E-state index in [1.165, 1.54) is 4.90 Å². The van der Waals surface area contributed by atoms with Crippen LogP contribution in [0.4, 0.5) is 0 Å². The van der Waals surface area contributed by atoms with Gasteiger partial charge in [-0.3, -0.25) is 14.5 Å². The van der Waals surface area contributed by atoms with Crippen molar-refractivity contribution in [2.45, 2.75) is 25.7 Å². The first kappa shape index (κ1) is 7.77. The minimum absolute atomic E-state index is 0.0243. The van der Waals surface area contributed by atoms with Crippen LogP contribution < -0.4 is 0 Å². The lowest BCUT2D eigenvalue weighted by molar-refractivity contribution is -0.138. The van der Waals surface area contributed by atoms with Crippen molar-refractivity contribution in [3.05, 3.63) is 0 Å². The number of fused-ring (bicyclic) bond motifs is 1. The molecule has 12 heavy (non-hydrogen) atoms. The van der Waals surface area contributed by atoms with E-state index < -0.39 is 0 Å². The van der Waals surface area contributed by atoms with Crippen LogP contribution >= 0.6 is 0 Å². The van der Waals surface area contributed by atoms with E-state index in [1.807, 2.05) is 0 Å². The molecule has 3 nitrogen and oxygen atoms in total. The molecule has 2 aliphatic rings. The topological polar surface area (TPSA) is 37.4 Å². The van der Waals surface area contributed by atoms with Crippen LogP contribution in [0.15, 0.2) is 0 Å². The predicted molar refractivity (Wildman–Crippen MR) is 43.2 cm³/mol. The number of carbonyl (C=O) groups excluding carboxylic acids is 2. The minimum atomic E-state index is 0.0243. The van der Waals surface area contributed by atoms with E-state index in [-0.39, 0.29) is 23.7 Å². The summed E-state index contributed by atoms with van der Waals surface area (Å²) in [4.78, 5) is 24.2. The van der Waals surface area contributed by atoms with Crippen molar-refractivity contribution in [2.75, 3.05) is 7.05 Å². The maximum absolute atomic E-state index is 11.5. The van der Waals surface area contributed by atoms with Crippen molar-refractivity contribution in [3.8, 4) is 0 Å². The van der Waals surface area contributed by atoms with Gasteiger partial charge in [0.1, 0.15) is 0 Å². The highest BCUT2D eigenvalue weighted by Gasteiger charge is 2.46. The van der Waals surface area contributed by atoms with Crippen molar-refractivity contribution in [1.29, 1.82) is 0 Å². The number of hydrogen-bond donors (Lipinski definition) is 0. The van der Waals surface area contributed by atoms with Gasteiger partial charge < -0.3 is 0 Å². The molecule has 2 atom stereocenters. The van der Waals surface area contributed by atoms with Gasteiger partial charge in [0, 0.05) is 7.05 Å². The molecule has 2 amide bonds. The average Bonchev–Trinajstić information content (AvgIpc) is 2.33. The van der Waals surface area contributed by atoms with E-state index in [9.17, 15) is 9.59 Å². The Hall–Kier alpha value is -0.860. The summed E-state index contributed by atoms with van der Waals surface area (Å²) in [5, 5.41) is 0. The lowest BCUT2D eigenvalue weighted by Gasteiger charge is -2.19. The Balaban J connectivity index is 2.25. The average molecular weight is 167 g/mol. The lowest BCUT2D eigenvalue weighted by atomic mass is 9.81. The third-order valence-electron chi connectivity index (χ3n) is 3.06. The van der Waals surface area contributed by atoms with Gasteiger partial charge in [-0.05, 0) is 12.8 Å². The Morgan fingerprint density at radius 3 is 1.92 bits per heavy atom. The summed E-state index contributed by atoms with van der Waals surface area (Å²) < 4.78 is 0. The Morgan fingerprint density at radius 1 is 1.08 bits per heavy atom. The smallest absolute Gasteiger partial charge is 0.232 e. The largest absolute Gasteiger partial charge is 0.285 e. The molecule has 2 rings (SSSR count). The molecule has 1 saturated carbocycles. The quantitative estimate of drug-likeness (QED) is 0.500. The van der Waals surface area contributed by atoms with Crippen molar-refractivity contribution in [2.24, 2.45) is 11.8 Å². The van der Waals surface area contributed by atoms with E-state index in [4.69, 9.17) is 0 Å². The number of nitrogens with zero attached hydrogens (tertiary/aromatic N) is 1. The molecular weight excluding hydrogens is 154 g/mol. The van der Waals surface area contributed by atoms with Gasteiger partial charge in [0.15, 0.2) is 0 Å². The zero-order chi connectivity index (χ0) is 8.72. The van der Waals surface area contributed by atoms with Gasteiger partial charge in [0.05, 0.1) is 11.8 Å². The summed E-state index contributed by atoms with van der Waals surface area (Å²) in [6, 6.07) is 0. The normalized spacial score (nSPS) is 35.6. The highest BCUT2D eigenvalue weighted by Crippen LogP contribution is 2.37. The van der Waals surface area contributed by atoms with E-state index in [1.54, 1.807) is 7.05 Å². The van der Waals surface area contributed by atoms with Crippen LogP contribution in [0, 0.1) is 11.8 Å². The molecule has 0 bridgehead atoms. The van der Waals surface area contributed by atoms with Gasteiger partial charge in [0.2, 0.25) is 11.8 Å². The second-order valence-electron chi connectivity index (χ2n) is 3.73. The third kappa shape index (κ3) is 0.886. The SMILES string of the molecule is CN1C(=O)[C@@H]2CCCC[C@H]2C1=O. The Morgan fingerprint density at radius 2 is 1.50 bits per heavy atom. The Kier molecular flexibility index (Phi) is 1.67. The molecule has 3 heteroatoms. The van der Waals surface area contributed by atoms with Crippen LogP contribution in [0.2, 0.25) is 0 Å². The third-order valence-corrected chi connectivity index (χ3v) is 3.06. The molecule has 1 heterocycles. The molecule has 0 aromatic heterocycles. The van der Waals surface area contributed by atoms with Gasteiger partial charge in [-0.1, -0.05) is 12.8 Å². The zero-order valence-electron chi connectivity index (χ0n) is 7.25. The second-order valence-corrected chi connectivity index (χ2v) is 3.73. The maximum atomic E-state index is 11.5. The molecule has 0 unspecified atom stereocenters. The number of carbonyl (C=O) groups is 2. The maximum Gasteiger partial charge on any atom is 0.232 e. The number of amides is 2. The van der Waals surface area contributed by atoms with E-state index >= 15 is 0 Å². The molecule has 1 saturated heterocycles. The number of rotatable bonds is 0.